The number of carbonyl (C=O) groups is 1. The number of para-hydroxylation sites is 1. The summed E-state index contributed by atoms with van der Waals surface area (Å²) >= 11 is 0. The molecular formula is C18H17N3O. The van der Waals surface area contributed by atoms with Gasteiger partial charge < -0.3 is 5.32 Å². The summed E-state index contributed by atoms with van der Waals surface area (Å²) in [6.07, 6.45) is 5.53. The first-order chi connectivity index (χ1) is 10.8. The van der Waals surface area contributed by atoms with Gasteiger partial charge in [0.25, 0.3) is 0 Å². The highest BCUT2D eigenvalue weighted by Gasteiger charge is 2.04. The molecule has 3 rings (SSSR count). The number of pyridine rings is 2. The molecule has 22 heavy (non-hydrogen) atoms. The molecule has 1 amide bonds. The number of nitrogens with zero attached hydrogens (tertiary/aromatic N) is 2. The minimum Gasteiger partial charge on any atom is -0.325 e. The van der Waals surface area contributed by atoms with Crippen molar-refractivity contribution in [2.24, 2.45) is 0 Å². The second-order valence-corrected chi connectivity index (χ2v) is 5.14. The Balaban J connectivity index is 1.54. The van der Waals surface area contributed by atoms with E-state index < -0.39 is 0 Å². The molecule has 4 heteroatoms. The van der Waals surface area contributed by atoms with Crippen LogP contribution >= 0.6 is 0 Å². The maximum absolute atomic E-state index is 12.0. The molecule has 0 aliphatic heterocycles. The van der Waals surface area contributed by atoms with Crippen LogP contribution in [0, 0.1) is 0 Å². The van der Waals surface area contributed by atoms with E-state index in [-0.39, 0.29) is 5.91 Å². The predicted octanol–water partition coefficient (Wildman–Crippen LogP) is 3.59. The number of carbonyl (C=O) groups excluding carboxylic acids is 1. The molecular weight excluding hydrogens is 274 g/mol. The Labute approximate surface area is 129 Å². The van der Waals surface area contributed by atoms with E-state index in [0.717, 1.165) is 35.1 Å². The predicted molar refractivity (Wildman–Crippen MR) is 87.5 cm³/mol. The number of hydrogen-bond donors (Lipinski definition) is 1. The lowest BCUT2D eigenvalue weighted by Crippen LogP contribution is -2.11. The standard InChI is InChI=1S/C18H17N3O/c22-18(10-5-8-15-7-3-4-11-19-15)21-16-12-14-6-1-2-9-17(14)20-13-16/h1-4,6-7,9,11-13H,5,8,10H2,(H,21,22). The van der Waals surface area contributed by atoms with Crippen LogP contribution in [-0.2, 0) is 11.2 Å². The van der Waals surface area contributed by atoms with Gasteiger partial charge in [-0.3, -0.25) is 14.8 Å². The Morgan fingerprint density at radius 3 is 2.77 bits per heavy atom. The molecule has 4 nitrogen and oxygen atoms in total. The lowest BCUT2D eigenvalue weighted by atomic mass is 10.1. The molecule has 1 aromatic carbocycles. The van der Waals surface area contributed by atoms with E-state index in [9.17, 15) is 4.79 Å². The fourth-order valence-electron chi connectivity index (χ4n) is 2.34. The average Bonchev–Trinajstić information content (AvgIpc) is 2.56. The molecule has 0 fully saturated rings. The first-order valence-corrected chi connectivity index (χ1v) is 7.36. The van der Waals surface area contributed by atoms with Gasteiger partial charge in [-0.2, -0.15) is 0 Å². The highest BCUT2D eigenvalue weighted by molar-refractivity contribution is 5.93. The maximum atomic E-state index is 12.0. The molecule has 0 atom stereocenters. The molecule has 0 saturated carbocycles. The fraction of sp³-hybridized carbons (Fsp3) is 0.167. The Kier molecular flexibility index (Phi) is 4.39. The van der Waals surface area contributed by atoms with Crippen molar-refractivity contribution in [1.82, 2.24) is 9.97 Å². The number of amides is 1. The lowest BCUT2D eigenvalue weighted by Gasteiger charge is -2.06. The summed E-state index contributed by atoms with van der Waals surface area (Å²) in [6, 6.07) is 15.6. The van der Waals surface area contributed by atoms with Crippen LogP contribution in [0.5, 0.6) is 0 Å². The summed E-state index contributed by atoms with van der Waals surface area (Å²) in [5.74, 6) is 0.00742. The molecule has 0 aliphatic carbocycles. The summed E-state index contributed by atoms with van der Waals surface area (Å²) in [6.45, 7) is 0. The van der Waals surface area contributed by atoms with E-state index in [1.54, 1.807) is 12.4 Å². The van der Waals surface area contributed by atoms with Crippen LogP contribution in [-0.4, -0.2) is 15.9 Å². The first kappa shape index (κ1) is 14.2. The van der Waals surface area contributed by atoms with Crippen molar-refractivity contribution in [3.8, 4) is 0 Å². The van der Waals surface area contributed by atoms with Gasteiger partial charge in [-0.15, -0.1) is 0 Å². The van der Waals surface area contributed by atoms with Crippen molar-refractivity contribution in [2.45, 2.75) is 19.3 Å². The van der Waals surface area contributed by atoms with E-state index >= 15 is 0 Å². The molecule has 0 radical (unpaired) electrons. The lowest BCUT2D eigenvalue weighted by molar-refractivity contribution is -0.116. The van der Waals surface area contributed by atoms with Gasteiger partial charge in [0.1, 0.15) is 0 Å². The second kappa shape index (κ2) is 6.80. The first-order valence-electron chi connectivity index (χ1n) is 7.36. The second-order valence-electron chi connectivity index (χ2n) is 5.14. The van der Waals surface area contributed by atoms with Gasteiger partial charge in [-0.1, -0.05) is 24.3 Å². The third kappa shape index (κ3) is 3.67. The Bertz CT molecular complexity index is 771. The zero-order chi connectivity index (χ0) is 15.2. The van der Waals surface area contributed by atoms with Crippen LogP contribution in [0.2, 0.25) is 0 Å². The van der Waals surface area contributed by atoms with Crippen LogP contribution in [0.15, 0.2) is 60.9 Å². The smallest absolute Gasteiger partial charge is 0.224 e. The molecule has 3 aromatic rings. The molecule has 0 saturated heterocycles. The molecule has 110 valence electrons. The third-order valence-electron chi connectivity index (χ3n) is 3.44. The highest BCUT2D eigenvalue weighted by atomic mass is 16.1. The Morgan fingerprint density at radius 1 is 1.05 bits per heavy atom. The van der Waals surface area contributed by atoms with Crippen LogP contribution in [0.25, 0.3) is 10.9 Å². The fourth-order valence-corrected chi connectivity index (χ4v) is 2.34. The normalized spacial score (nSPS) is 10.5. The van der Waals surface area contributed by atoms with E-state index in [4.69, 9.17) is 0 Å². The Hall–Kier alpha value is -2.75. The van der Waals surface area contributed by atoms with Gasteiger partial charge in [-0.25, -0.2) is 0 Å². The van der Waals surface area contributed by atoms with Crippen LogP contribution < -0.4 is 5.32 Å². The summed E-state index contributed by atoms with van der Waals surface area (Å²) < 4.78 is 0. The average molecular weight is 291 g/mol. The van der Waals surface area contributed by atoms with Gasteiger partial charge in [-0.05, 0) is 37.1 Å². The number of nitrogens with one attached hydrogen (secondary N) is 1. The number of rotatable bonds is 5. The highest BCUT2D eigenvalue weighted by Crippen LogP contribution is 2.16. The molecule has 0 unspecified atom stereocenters. The number of aryl methyl sites for hydroxylation is 1. The minimum absolute atomic E-state index is 0.00742. The molecule has 0 aliphatic rings. The van der Waals surface area contributed by atoms with Gasteiger partial charge in [0.05, 0.1) is 17.4 Å². The van der Waals surface area contributed by atoms with E-state index in [1.165, 1.54) is 0 Å². The summed E-state index contributed by atoms with van der Waals surface area (Å²) in [5, 5.41) is 3.92. The molecule has 2 heterocycles. The van der Waals surface area contributed by atoms with Crippen molar-refractivity contribution in [1.29, 1.82) is 0 Å². The van der Waals surface area contributed by atoms with E-state index in [1.807, 2.05) is 48.5 Å². The molecule has 2 aromatic heterocycles. The van der Waals surface area contributed by atoms with Crippen molar-refractivity contribution < 1.29 is 4.79 Å². The van der Waals surface area contributed by atoms with Crippen molar-refractivity contribution in [3.05, 3.63) is 66.6 Å². The SMILES string of the molecule is O=C(CCCc1ccccn1)Nc1cnc2ccccc2c1. The summed E-state index contributed by atoms with van der Waals surface area (Å²) in [5.41, 5.74) is 2.68. The van der Waals surface area contributed by atoms with Gasteiger partial charge in [0.15, 0.2) is 0 Å². The summed E-state index contributed by atoms with van der Waals surface area (Å²) in [7, 11) is 0. The van der Waals surface area contributed by atoms with Crippen molar-refractivity contribution in [2.75, 3.05) is 5.32 Å². The van der Waals surface area contributed by atoms with Crippen LogP contribution in [0.4, 0.5) is 5.69 Å². The zero-order valence-electron chi connectivity index (χ0n) is 12.2. The van der Waals surface area contributed by atoms with E-state index in [2.05, 4.69) is 15.3 Å². The van der Waals surface area contributed by atoms with Crippen LogP contribution in [0.3, 0.4) is 0 Å². The van der Waals surface area contributed by atoms with Crippen LogP contribution in [0.1, 0.15) is 18.5 Å². The topological polar surface area (TPSA) is 54.9 Å². The molecule has 0 bridgehead atoms. The number of fused-ring (bicyclic) bond motifs is 1. The third-order valence-corrected chi connectivity index (χ3v) is 3.44. The van der Waals surface area contributed by atoms with Gasteiger partial charge in [0, 0.05) is 23.7 Å². The monoisotopic (exact) mass is 291 g/mol. The van der Waals surface area contributed by atoms with Gasteiger partial charge in [0.2, 0.25) is 5.91 Å². The molecule has 0 spiro atoms. The van der Waals surface area contributed by atoms with E-state index in [0.29, 0.717) is 6.42 Å². The van der Waals surface area contributed by atoms with Gasteiger partial charge >= 0.3 is 0 Å². The van der Waals surface area contributed by atoms with Crippen molar-refractivity contribution in [3.63, 3.8) is 0 Å². The number of benzene rings is 1. The Morgan fingerprint density at radius 2 is 1.91 bits per heavy atom. The largest absolute Gasteiger partial charge is 0.325 e. The minimum atomic E-state index is 0.00742. The number of aromatic nitrogens is 2. The maximum Gasteiger partial charge on any atom is 0.224 e. The number of anilines is 1. The zero-order valence-corrected chi connectivity index (χ0v) is 12.2. The number of hydrogen-bond acceptors (Lipinski definition) is 3. The molecule has 1 N–H and O–H groups in total. The van der Waals surface area contributed by atoms with Crippen molar-refractivity contribution >= 4 is 22.5 Å². The quantitative estimate of drug-likeness (QED) is 0.781. The summed E-state index contributed by atoms with van der Waals surface area (Å²) in [4.78, 5) is 20.6.